The predicted molar refractivity (Wildman–Crippen MR) is 81.8 cm³/mol. The van der Waals surface area contributed by atoms with Crippen molar-refractivity contribution < 1.29 is 0 Å². The van der Waals surface area contributed by atoms with E-state index in [2.05, 4.69) is 50.0 Å². The van der Waals surface area contributed by atoms with Crippen LogP contribution in [0.25, 0.3) is 0 Å². The zero-order chi connectivity index (χ0) is 13.7. The highest BCUT2D eigenvalue weighted by Gasteiger charge is 2.18. The van der Waals surface area contributed by atoms with E-state index < -0.39 is 0 Å². The van der Waals surface area contributed by atoms with Gasteiger partial charge in [-0.05, 0) is 42.1 Å². The van der Waals surface area contributed by atoms with Crippen LogP contribution in [-0.2, 0) is 12.8 Å². The topological polar surface area (TPSA) is 63.8 Å². The Labute approximate surface area is 125 Å². The molecule has 0 aliphatic rings. The zero-order valence-electron chi connectivity index (χ0n) is 10.8. The van der Waals surface area contributed by atoms with E-state index in [9.17, 15) is 0 Å². The monoisotopic (exact) mass is 340 g/mol. The van der Waals surface area contributed by atoms with Crippen molar-refractivity contribution in [2.24, 2.45) is 5.84 Å². The van der Waals surface area contributed by atoms with E-state index in [4.69, 9.17) is 5.84 Å². The maximum atomic E-state index is 5.70. The molecule has 0 saturated carbocycles. The smallest absolute Gasteiger partial charge is 0.0804 e. The van der Waals surface area contributed by atoms with Gasteiger partial charge in [0.1, 0.15) is 0 Å². The minimum absolute atomic E-state index is 0.0656. The molecule has 0 amide bonds. The molecule has 0 fully saturated rings. The third kappa shape index (κ3) is 3.82. The van der Waals surface area contributed by atoms with Crippen molar-refractivity contribution in [1.29, 1.82) is 0 Å². The number of hydrazine groups is 1. The SMILES string of the molecule is CCCc1nnsc1C(Cc1cccc(Br)c1)NN. The van der Waals surface area contributed by atoms with Gasteiger partial charge in [0.15, 0.2) is 0 Å². The number of aromatic nitrogens is 2. The molecule has 6 heteroatoms. The van der Waals surface area contributed by atoms with Gasteiger partial charge in [-0.15, -0.1) is 5.10 Å². The standard InChI is InChI=1S/C13H17BrN4S/c1-2-4-11-13(19-18-17-11)12(16-15)8-9-5-3-6-10(14)7-9/h3,5-7,12,16H,2,4,8,15H2,1H3. The van der Waals surface area contributed by atoms with E-state index in [0.717, 1.165) is 34.3 Å². The Kier molecular flexibility index (Phi) is 5.45. The summed E-state index contributed by atoms with van der Waals surface area (Å²) in [6, 6.07) is 8.33. The van der Waals surface area contributed by atoms with E-state index in [1.165, 1.54) is 17.1 Å². The number of rotatable bonds is 6. The van der Waals surface area contributed by atoms with E-state index in [1.807, 2.05) is 12.1 Å². The highest BCUT2D eigenvalue weighted by molar-refractivity contribution is 9.10. The highest BCUT2D eigenvalue weighted by Crippen LogP contribution is 2.25. The zero-order valence-corrected chi connectivity index (χ0v) is 13.2. The molecular weight excluding hydrogens is 324 g/mol. The summed E-state index contributed by atoms with van der Waals surface area (Å²) >= 11 is 4.92. The van der Waals surface area contributed by atoms with Crippen LogP contribution in [0.5, 0.6) is 0 Å². The molecule has 19 heavy (non-hydrogen) atoms. The van der Waals surface area contributed by atoms with Gasteiger partial charge in [-0.1, -0.05) is 45.9 Å². The maximum absolute atomic E-state index is 5.70. The summed E-state index contributed by atoms with van der Waals surface area (Å²) in [5.74, 6) is 5.70. The predicted octanol–water partition coefficient (Wildman–Crippen LogP) is 3.00. The summed E-state index contributed by atoms with van der Waals surface area (Å²) in [7, 11) is 0. The van der Waals surface area contributed by atoms with Crippen LogP contribution < -0.4 is 11.3 Å². The second kappa shape index (κ2) is 7.09. The van der Waals surface area contributed by atoms with Gasteiger partial charge in [0.25, 0.3) is 0 Å². The van der Waals surface area contributed by atoms with Gasteiger partial charge >= 0.3 is 0 Å². The summed E-state index contributed by atoms with van der Waals surface area (Å²) in [4.78, 5) is 1.14. The lowest BCUT2D eigenvalue weighted by molar-refractivity contribution is 0.554. The Bertz CT molecular complexity index is 529. The second-order valence-corrected chi connectivity index (χ2v) is 6.09. The molecule has 3 N–H and O–H groups in total. The van der Waals surface area contributed by atoms with Crippen LogP contribution in [0.15, 0.2) is 28.7 Å². The van der Waals surface area contributed by atoms with Crippen LogP contribution in [0, 0.1) is 0 Å². The fraction of sp³-hybridized carbons (Fsp3) is 0.385. The van der Waals surface area contributed by atoms with Gasteiger partial charge in [0.05, 0.1) is 16.6 Å². The molecule has 0 radical (unpaired) electrons. The summed E-state index contributed by atoms with van der Waals surface area (Å²) in [6.45, 7) is 2.14. The Morgan fingerprint density at radius 1 is 1.47 bits per heavy atom. The fourth-order valence-corrected chi connectivity index (χ4v) is 3.22. The third-order valence-electron chi connectivity index (χ3n) is 2.92. The fourth-order valence-electron chi connectivity index (χ4n) is 2.02. The molecule has 2 aromatic rings. The first-order valence-corrected chi connectivity index (χ1v) is 7.83. The lowest BCUT2D eigenvalue weighted by Crippen LogP contribution is -2.29. The van der Waals surface area contributed by atoms with Crippen molar-refractivity contribution in [2.75, 3.05) is 0 Å². The number of nitrogens with two attached hydrogens (primary N) is 1. The summed E-state index contributed by atoms with van der Waals surface area (Å²) < 4.78 is 5.14. The second-order valence-electron chi connectivity index (χ2n) is 4.39. The van der Waals surface area contributed by atoms with E-state index in [1.54, 1.807) is 0 Å². The summed E-state index contributed by atoms with van der Waals surface area (Å²) in [5, 5.41) is 4.20. The van der Waals surface area contributed by atoms with Gasteiger partial charge in [-0.3, -0.25) is 11.3 Å². The molecule has 4 nitrogen and oxygen atoms in total. The molecule has 0 spiro atoms. The van der Waals surface area contributed by atoms with Crippen molar-refractivity contribution in [3.05, 3.63) is 44.9 Å². The average Bonchev–Trinajstić information content (AvgIpc) is 2.85. The number of nitrogens with zero attached hydrogens (tertiary/aromatic N) is 2. The lowest BCUT2D eigenvalue weighted by atomic mass is 10.0. The van der Waals surface area contributed by atoms with Crippen molar-refractivity contribution in [3.8, 4) is 0 Å². The maximum Gasteiger partial charge on any atom is 0.0804 e. The van der Waals surface area contributed by atoms with Crippen molar-refractivity contribution in [2.45, 2.75) is 32.2 Å². The van der Waals surface area contributed by atoms with Gasteiger partial charge < -0.3 is 0 Å². The van der Waals surface area contributed by atoms with Crippen molar-refractivity contribution in [1.82, 2.24) is 15.0 Å². The summed E-state index contributed by atoms with van der Waals surface area (Å²) in [6.07, 6.45) is 2.84. The van der Waals surface area contributed by atoms with Crippen LogP contribution in [0.3, 0.4) is 0 Å². The first kappa shape index (κ1) is 14.6. The minimum Gasteiger partial charge on any atom is -0.271 e. The summed E-state index contributed by atoms with van der Waals surface area (Å²) in [5.41, 5.74) is 5.18. The molecule has 1 unspecified atom stereocenters. The van der Waals surface area contributed by atoms with E-state index >= 15 is 0 Å². The molecular formula is C13H17BrN4S. The minimum atomic E-state index is 0.0656. The Morgan fingerprint density at radius 2 is 2.32 bits per heavy atom. The molecule has 0 aliphatic carbocycles. The molecule has 0 bridgehead atoms. The van der Waals surface area contributed by atoms with Crippen molar-refractivity contribution in [3.63, 3.8) is 0 Å². The van der Waals surface area contributed by atoms with Gasteiger partial charge in [-0.25, -0.2) is 0 Å². The van der Waals surface area contributed by atoms with Crippen molar-refractivity contribution >= 4 is 27.5 Å². The van der Waals surface area contributed by atoms with E-state index in [0.29, 0.717) is 0 Å². The average molecular weight is 341 g/mol. The molecule has 1 atom stereocenters. The molecule has 0 saturated heterocycles. The lowest BCUT2D eigenvalue weighted by Gasteiger charge is -2.15. The molecule has 1 aromatic carbocycles. The molecule has 1 aromatic heterocycles. The number of nitrogens with one attached hydrogen (secondary N) is 1. The normalized spacial score (nSPS) is 12.6. The molecule has 0 aliphatic heterocycles. The van der Waals surface area contributed by atoms with Gasteiger partial charge in [0.2, 0.25) is 0 Å². The van der Waals surface area contributed by atoms with Crippen LogP contribution >= 0.6 is 27.5 Å². The number of aryl methyl sites for hydroxylation is 1. The Hall–Kier alpha value is -0.820. The highest BCUT2D eigenvalue weighted by atomic mass is 79.9. The number of hydrogen-bond acceptors (Lipinski definition) is 5. The quantitative estimate of drug-likeness (QED) is 0.626. The van der Waals surface area contributed by atoms with E-state index in [-0.39, 0.29) is 6.04 Å². The van der Waals surface area contributed by atoms with Gasteiger partial charge in [-0.2, -0.15) is 0 Å². The molecule has 2 rings (SSSR count). The van der Waals surface area contributed by atoms with Crippen LogP contribution in [0.1, 0.15) is 35.5 Å². The van der Waals surface area contributed by atoms with Gasteiger partial charge in [0, 0.05) is 4.47 Å². The number of benzene rings is 1. The number of halogens is 1. The Morgan fingerprint density at radius 3 is 3.00 bits per heavy atom. The van der Waals surface area contributed by atoms with Crippen LogP contribution in [0.2, 0.25) is 0 Å². The molecule has 1 heterocycles. The largest absolute Gasteiger partial charge is 0.271 e. The van der Waals surface area contributed by atoms with Crippen LogP contribution in [-0.4, -0.2) is 9.59 Å². The Balaban J connectivity index is 2.18. The third-order valence-corrected chi connectivity index (χ3v) is 4.29. The number of hydrogen-bond donors (Lipinski definition) is 2. The first-order chi connectivity index (χ1) is 9.24. The molecule has 102 valence electrons. The first-order valence-electron chi connectivity index (χ1n) is 6.26. The van der Waals surface area contributed by atoms with Crippen LogP contribution in [0.4, 0.5) is 0 Å².